The van der Waals surface area contributed by atoms with Gasteiger partial charge in [0, 0.05) is 30.8 Å². The van der Waals surface area contributed by atoms with E-state index in [0.717, 1.165) is 44.3 Å². The van der Waals surface area contributed by atoms with E-state index in [4.69, 9.17) is 0 Å². The molecule has 0 atom stereocenters. The minimum atomic E-state index is -0.309. The van der Waals surface area contributed by atoms with Gasteiger partial charge in [-0.3, -0.25) is 20.4 Å². The number of hydrazine groups is 1. The normalized spacial score (nSPS) is 18.9. The van der Waals surface area contributed by atoms with Gasteiger partial charge < -0.3 is 4.90 Å². The lowest BCUT2D eigenvalue weighted by Crippen LogP contribution is -2.44. The predicted molar refractivity (Wildman–Crippen MR) is 109 cm³/mol. The molecule has 2 aliphatic rings. The van der Waals surface area contributed by atoms with Crippen LogP contribution < -0.4 is 15.8 Å². The van der Waals surface area contributed by atoms with Crippen LogP contribution in [0.1, 0.15) is 63.4 Å². The molecule has 0 radical (unpaired) electrons. The second-order valence-corrected chi connectivity index (χ2v) is 7.64. The van der Waals surface area contributed by atoms with Crippen molar-refractivity contribution in [2.24, 2.45) is 5.92 Å². The van der Waals surface area contributed by atoms with Crippen LogP contribution in [0, 0.1) is 5.92 Å². The Hall–Kier alpha value is -2.30. The zero-order valence-electron chi connectivity index (χ0n) is 16.1. The Bertz CT molecular complexity index is 640. The van der Waals surface area contributed by atoms with Crippen molar-refractivity contribution >= 4 is 23.6 Å². The molecule has 2 fully saturated rings. The average molecular weight is 370 g/mol. The van der Waals surface area contributed by atoms with Gasteiger partial charge in [0.2, 0.25) is 5.91 Å². The number of amides is 2. The highest BCUT2D eigenvalue weighted by molar-refractivity contribution is 5.93. The summed E-state index contributed by atoms with van der Waals surface area (Å²) in [6.07, 6.45) is 13.6. The first-order valence-corrected chi connectivity index (χ1v) is 10.4. The SMILES string of the molecule is O=C(/C=C/c1ccc(N2CCCCCC2)cc1)NNC(=O)C1CCCCC1. The van der Waals surface area contributed by atoms with Gasteiger partial charge in [-0.1, -0.05) is 44.2 Å². The van der Waals surface area contributed by atoms with Crippen molar-refractivity contribution in [2.75, 3.05) is 18.0 Å². The summed E-state index contributed by atoms with van der Waals surface area (Å²) in [4.78, 5) is 26.4. The van der Waals surface area contributed by atoms with Gasteiger partial charge in [-0.05, 0) is 49.5 Å². The second-order valence-electron chi connectivity index (χ2n) is 7.64. The molecular weight excluding hydrogens is 338 g/mol. The maximum atomic E-state index is 12.0. The van der Waals surface area contributed by atoms with Crippen molar-refractivity contribution in [3.05, 3.63) is 35.9 Å². The van der Waals surface area contributed by atoms with Crippen LogP contribution in [0.3, 0.4) is 0 Å². The number of nitrogens with zero attached hydrogens (tertiary/aromatic N) is 1. The van der Waals surface area contributed by atoms with Gasteiger partial charge >= 0.3 is 0 Å². The van der Waals surface area contributed by atoms with Gasteiger partial charge in [-0.25, -0.2) is 0 Å². The van der Waals surface area contributed by atoms with E-state index in [2.05, 4.69) is 27.9 Å². The summed E-state index contributed by atoms with van der Waals surface area (Å²) < 4.78 is 0. The van der Waals surface area contributed by atoms with E-state index < -0.39 is 0 Å². The number of hydrogen-bond donors (Lipinski definition) is 2. The highest BCUT2D eigenvalue weighted by atomic mass is 16.2. The Labute approximate surface area is 162 Å². The summed E-state index contributed by atoms with van der Waals surface area (Å²) in [6, 6.07) is 8.30. The molecule has 0 spiro atoms. The van der Waals surface area contributed by atoms with Crippen LogP contribution in [0.15, 0.2) is 30.3 Å². The van der Waals surface area contributed by atoms with Crippen molar-refractivity contribution in [1.82, 2.24) is 10.9 Å². The van der Waals surface area contributed by atoms with E-state index in [1.807, 2.05) is 12.1 Å². The van der Waals surface area contributed by atoms with Crippen LogP contribution in [0.2, 0.25) is 0 Å². The summed E-state index contributed by atoms with van der Waals surface area (Å²) in [5.41, 5.74) is 7.26. The fraction of sp³-hybridized carbons (Fsp3) is 0.545. The first-order chi connectivity index (χ1) is 13.2. The van der Waals surface area contributed by atoms with E-state index in [1.54, 1.807) is 6.08 Å². The molecule has 1 saturated carbocycles. The van der Waals surface area contributed by atoms with Crippen molar-refractivity contribution in [3.63, 3.8) is 0 Å². The van der Waals surface area contributed by atoms with Crippen molar-refractivity contribution < 1.29 is 9.59 Å². The van der Waals surface area contributed by atoms with E-state index in [-0.39, 0.29) is 17.7 Å². The molecule has 3 rings (SSSR count). The van der Waals surface area contributed by atoms with Crippen LogP contribution in [0.25, 0.3) is 6.08 Å². The fourth-order valence-electron chi connectivity index (χ4n) is 3.93. The van der Waals surface area contributed by atoms with Crippen LogP contribution in [0.4, 0.5) is 5.69 Å². The van der Waals surface area contributed by atoms with Crippen LogP contribution in [-0.4, -0.2) is 24.9 Å². The van der Waals surface area contributed by atoms with Crippen LogP contribution in [-0.2, 0) is 9.59 Å². The Morgan fingerprint density at radius 1 is 0.852 bits per heavy atom. The molecule has 1 saturated heterocycles. The minimum Gasteiger partial charge on any atom is -0.372 e. The molecule has 0 unspecified atom stereocenters. The third-order valence-electron chi connectivity index (χ3n) is 5.58. The average Bonchev–Trinajstić information content (AvgIpc) is 3.01. The van der Waals surface area contributed by atoms with E-state index in [9.17, 15) is 9.59 Å². The Morgan fingerprint density at radius 3 is 2.15 bits per heavy atom. The van der Waals surface area contributed by atoms with Gasteiger partial charge in [0.1, 0.15) is 0 Å². The zero-order valence-corrected chi connectivity index (χ0v) is 16.1. The minimum absolute atomic E-state index is 0.0366. The van der Waals surface area contributed by atoms with E-state index in [1.165, 1.54) is 43.9 Å². The summed E-state index contributed by atoms with van der Waals surface area (Å²) in [5, 5.41) is 0. The number of rotatable bonds is 4. The maximum absolute atomic E-state index is 12.0. The second kappa shape index (κ2) is 10.1. The molecule has 1 aromatic carbocycles. The lowest BCUT2D eigenvalue weighted by molar-refractivity contribution is -0.130. The Morgan fingerprint density at radius 2 is 1.48 bits per heavy atom. The number of hydrogen-bond acceptors (Lipinski definition) is 3. The molecule has 1 aromatic rings. The number of carbonyl (C=O) groups is 2. The molecule has 5 heteroatoms. The lowest BCUT2D eigenvalue weighted by atomic mass is 9.89. The largest absolute Gasteiger partial charge is 0.372 e. The molecular formula is C22H31N3O2. The number of benzene rings is 1. The summed E-state index contributed by atoms with van der Waals surface area (Å²) in [7, 11) is 0. The molecule has 1 aliphatic heterocycles. The first-order valence-electron chi connectivity index (χ1n) is 10.4. The molecule has 0 aromatic heterocycles. The van der Waals surface area contributed by atoms with Gasteiger partial charge in [-0.15, -0.1) is 0 Å². The first kappa shape index (κ1) is 19.5. The Kier molecular flexibility index (Phi) is 7.31. The molecule has 1 aliphatic carbocycles. The van der Waals surface area contributed by atoms with Gasteiger partial charge in [0.15, 0.2) is 0 Å². The van der Waals surface area contributed by atoms with Crippen molar-refractivity contribution in [2.45, 2.75) is 57.8 Å². The third kappa shape index (κ3) is 6.12. The molecule has 1 heterocycles. The van der Waals surface area contributed by atoms with Crippen molar-refractivity contribution in [1.29, 1.82) is 0 Å². The highest BCUT2D eigenvalue weighted by Crippen LogP contribution is 2.23. The van der Waals surface area contributed by atoms with Gasteiger partial charge in [-0.2, -0.15) is 0 Å². The maximum Gasteiger partial charge on any atom is 0.262 e. The zero-order chi connectivity index (χ0) is 18.9. The molecule has 0 bridgehead atoms. The quantitative estimate of drug-likeness (QED) is 0.627. The molecule has 2 amide bonds. The monoisotopic (exact) mass is 369 g/mol. The van der Waals surface area contributed by atoms with E-state index >= 15 is 0 Å². The van der Waals surface area contributed by atoms with Crippen LogP contribution >= 0.6 is 0 Å². The number of nitrogens with one attached hydrogen (secondary N) is 2. The fourth-order valence-corrected chi connectivity index (χ4v) is 3.93. The van der Waals surface area contributed by atoms with Gasteiger partial charge in [0.05, 0.1) is 0 Å². The summed E-state index contributed by atoms with van der Waals surface area (Å²) in [5.74, 6) is -0.344. The van der Waals surface area contributed by atoms with Crippen molar-refractivity contribution in [3.8, 4) is 0 Å². The molecule has 146 valence electrons. The molecule has 2 N–H and O–H groups in total. The topological polar surface area (TPSA) is 61.4 Å². The molecule has 5 nitrogen and oxygen atoms in total. The third-order valence-corrected chi connectivity index (χ3v) is 5.58. The number of carbonyl (C=O) groups excluding carboxylic acids is 2. The lowest BCUT2D eigenvalue weighted by Gasteiger charge is -2.22. The summed E-state index contributed by atoms with van der Waals surface area (Å²) in [6.45, 7) is 2.25. The smallest absolute Gasteiger partial charge is 0.262 e. The van der Waals surface area contributed by atoms with E-state index in [0.29, 0.717) is 0 Å². The molecule has 27 heavy (non-hydrogen) atoms. The number of anilines is 1. The van der Waals surface area contributed by atoms with Gasteiger partial charge in [0.25, 0.3) is 5.91 Å². The Balaban J connectivity index is 1.45. The van der Waals surface area contributed by atoms with Crippen LogP contribution in [0.5, 0.6) is 0 Å². The highest BCUT2D eigenvalue weighted by Gasteiger charge is 2.20. The summed E-state index contributed by atoms with van der Waals surface area (Å²) >= 11 is 0. The standard InChI is InChI=1S/C22H31N3O2/c26-21(23-24-22(27)19-8-4-3-5-9-19)15-12-18-10-13-20(14-11-18)25-16-6-1-2-7-17-25/h10-15,19H,1-9,16-17H2,(H,23,26)(H,24,27)/b15-12+. The predicted octanol–water partition coefficient (Wildman–Crippen LogP) is 3.81.